The Bertz CT molecular complexity index is 1280. The zero-order valence-corrected chi connectivity index (χ0v) is 16.4. The van der Waals surface area contributed by atoms with Crippen molar-refractivity contribution in [3.8, 4) is 45.5 Å². The Kier molecular flexibility index (Phi) is 4.99. The molecule has 4 nitrogen and oxygen atoms in total. The fraction of sp³-hybridized carbons (Fsp3) is 0. The standard InChI is InChI=1S/C26H17FN2O2/c27-21-10-6-18(7-11-21)24-25(19-14-16-28-17-15-19)31-26(29-24)20-8-12-23(13-9-20)30-22-4-2-1-3-5-22/h1-17H. The molecule has 0 fully saturated rings. The Morgan fingerprint density at radius 1 is 0.645 bits per heavy atom. The smallest absolute Gasteiger partial charge is 0.227 e. The van der Waals surface area contributed by atoms with Crippen LogP contribution in [0, 0.1) is 5.82 Å². The number of benzene rings is 3. The highest BCUT2D eigenvalue weighted by Gasteiger charge is 2.18. The van der Waals surface area contributed by atoms with Crippen molar-refractivity contribution in [2.45, 2.75) is 0 Å². The van der Waals surface area contributed by atoms with Crippen LogP contribution < -0.4 is 4.74 Å². The van der Waals surface area contributed by atoms with Crippen LogP contribution in [0.3, 0.4) is 0 Å². The van der Waals surface area contributed by atoms with Crippen LogP contribution in [0.2, 0.25) is 0 Å². The number of hydrogen-bond donors (Lipinski definition) is 0. The molecule has 0 bridgehead atoms. The summed E-state index contributed by atoms with van der Waals surface area (Å²) in [4.78, 5) is 8.79. The molecule has 5 rings (SSSR count). The van der Waals surface area contributed by atoms with Gasteiger partial charge in [-0.1, -0.05) is 18.2 Å². The van der Waals surface area contributed by atoms with Crippen molar-refractivity contribution in [2.75, 3.05) is 0 Å². The van der Waals surface area contributed by atoms with E-state index < -0.39 is 0 Å². The van der Waals surface area contributed by atoms with Crippen LogP contribution in [0.15, 0.2) is 108 Å². The Balaban J connectivity index is 1.51. The number of nitrogens with zero attached hydrogens (tertiary/aromatic N) is 2. The lowest BCUT2D eigenvalue weighted by Gasteiger charge is -2.05. The third-order valence-corrected chi connectivity index (χ3v) is 4.77. The quantitative estimate of drug-likeness (QED) is 0.314. The molecule has 31 heavy (non-hydrogen) atoms. The summed E-state index contributed by atoms with van der Waals surface area (Å²) in [5.41, 5.74) is 3.07. The normalized spacial score (nSPS) is 10.7. The maximum atomic E-state index is 13.4. The molecule has 0 unspecified atom stereocenters. The van der Waals surface area contributed by atoms with Gasteiger partial charge in [0.15, 0.2) is 5.76 Å². The van der Waals surface area contributed by atoms with Crippen LogP contribution >= 0.6 is 0 Å². The first kappa shape index (κ1) is 18.8. The maximum Gasteiger partial charge on any atom is 0.227 e. The molecule has 0 aliphatic carbocycles. The summed E-state index contributed by atoms with van der Waals surface area (Å²) in [6, 6.07) is 27.1. The molecule has 150 valence electrons. The fourth-order valence-electron chi connectivity index (χ4n) is 3.24. The second-order valence-corrected chi connectivity index (χ2v) is 6.88. The largest absolute Gasteiger partial charge is 0.457 e. The van der Waals surface area contributed by atoms with Gasteiger partial charge >= 0.3 is 0 Å². The Hall–Kier alpha value is -4.25. The highest BCUT2D eigenvalue weighted by molar-refractivity contribution is 5.78. The lowest BCUT2D eigenvalue weighted by molar-refractivity contribution is 0.482. The molecule has 0 spiro atoms. The SMILES string of the molecule is Fc1ccc(-c2nc(-c3ccc(Oc4ccccc4)cc3)oc2-c2ccncc2)cc1. The first-order valence-electron chi connectivity index (χ1n) is 9.77. The van der Waals surface area contributed by atoms with Crippen molar-refractivity contribution in [1.29, 1.82) is 0 Å². The molecule has 5 heteroatoms. The number of pyridine rings is 1. The van der Waals surface area contributed by atoms with Crippen molar-refractivity contribution in [3.05, 3.63) is 109 Å². The van der Waals surface area contributed by atoms with E-state index in [0.717, 1.165) is 28.2 Å². The molecule has 0 amide bonds. The molecule has 0 saturated heterocycles. The highest BCUT2D eigenvalue weighted by atomic mass is 19.1. The van der Waals surface area contributed by atoms with Gasteiger partial charge in [0.2, 0.25) is 5.89 Å². The van der Waals surface area contributed by atoms with E-state index in [4.69, 9.17) is 14.1 Å². The fourth-order valence-corrected chi connectivity index (χ4v) is 3.24. The second kappa shape index (κ2) is 8.24. The predicted molar refractivity (Wildman–Crippen MR) is 117 cm³/mol. The van der Waals surface area contributed by atoms with Gasteiger partial charge in [0, 0.05) is 29.1 Å². The van der Waals surface area contributed by atoms with E-state index in [2.05, 4.69) is 4.98 Å². The molecule has 0 atom stereocenters. The first-order valence-corrected chi connectivity index (χ1v) is 9.77. The molecular weight excluding hydrogens is 391 g/mol. The Morgan fingerprint density at radius 3 is 2.00 bits per heavy atom. The van der Waals surface area contributed by atoms with E-state index in [1.807, 2.05) is 66.7 Å². The van der Waals surface area contributed by atoms with E-state index in [9.17, 15) is 4.39 Å². The van der Waals surface area contributed by atoms with Gasteiger partial charge in [-0.2, -0.15) is 0 Å². The number of oxazole rings is 1. The van der Waals surface area contributed by atoms with Gasteiger partial charge in [-0.05, 0) is 72.8 Å². The van der Waals surface area contributed by atoms with E-state index in [0.29, 0.717) is 17.3 Å². The summed E-state index contributed by atoms with van der Waals surface area (Å²) in [5.74, 6) is 2.26. The van der Waals surface area contributed by atoms with E-state index in [1.165, 1.54) is 12.1 Å². The minimum absolute atomic E-state index is 0.299. The summed E-state index contributed by atoms with van der Waals surface area (Å²) in [5, 5.41) is 0. The first-order chi connectivity index (χ1) is 15.3. The molecule has 0 saturated carbocycles. The third kappa shape index (κ3) is 4.07. The molecule has 0 radical (unpaired) electrons. The van der Waals surface area contributed by atoms with Crippen molar-refractivity contribution in [1.82, 2.24) is 9.97 Å². The average molecular weight is 408 g/mol. The van der Waals surface area contributed by atoms with Gasteiger partial charge in [-0.25, -0.2) is 9.37 Å². The molecule has 3 aromatic carbocycles. The van der Waals surface area contributed by atoms with Crippen molar-refractivity contribution in [2.24, 2.45) is 0 Å². The van der Waals surface area contributed by atoms with Crippen LogP contribution in [-0.2, 0) is 0 Å². The summed E-state index contributed by atoms with van der Waals surface area (Å²) in [7, 11) is 0. The maximum absolute atomic E-state index is 13.4. The highest BCUT2D eigenvalue weighted by Crippen LogP contribution is 2.36. The van der Waals surface area contributed by atoms with Crippen LogP contribution in [-0.4, -0.2) is 9.97 Å². The van der Waals surface area contributed by atoms with Gasteiger partial charge in [-0.15, -0.1) is 0 Å². The lowest BCUT2D eigenvalue weighted by Crippen LogP contribution is -1.85. The predicted octanol–water partition coefficient (Wildman–Crippen LogP) is 7.00. The van der Waals surface area contributed by atoms with Crippen LogP contribution in [0.5, 0.6) is 11.5 Å². The zero-order valence-electron chi connectivity index (χ0n) is 16.4. The number of hydrogen-bond acceptors (Lipinski definition) is 4. The Labute approximate surface area is 178 Å². The van der Waals surface area contributed by atoms with Gasteiger partial charge in [-0.3, -0.25) is 4.98 Å². The monoisotopic (exact) mass is 408 g/mol. The van der Waals surface area contributed by atoms with Crippen LogP contribution in [0.1, 0.15) is 0 Å². The molecule has 2 aromatic heterocycles. The Morgan fingerprint density at radius 2 is 1.29 bits per heavy atom. The minimum atomic E-state index is -0.299. The van der Waals surface area contributed by atoms with E-state index >= 15 is 0 Å². The molecule has 0 aliphatic rings. The number of rotatable bonds is 5. The summed E-state index contributed by atoms with van der Waals surface area (Å²) >= 11 is 0. The van der Waals surface area contributed by atoms with Gasteiger partial charge in [0.1, 0.15) is 23.0 Å². The second-order valence-electron chi connectivity index (χ2n) is 6.88. The summed E-state index contributed by atoms with van der Waals surface area (Å²) < 4.78 is 25.4. The molecular formula is C26H17FN2O2. The van der Waals surface area contributed by atoms with Gasteiger partial charge < -0.3 is 9.15 Å². The molecule has 0 aliphatic heterocycles. The molecule has 0 N–H and O–H groups in total. The van der Waals surface area contributed by atoms with Gasteiger partial charge in [0.25, 0.3) is 0 Å². The van der Waals surface area contributed by atoms with Gasteiger partial charge in [0.05, 0.1) is 0 Å². The summed E-state index contributed by atoms with van der Waals surface area (Å²) in [6.07, 6.45) is 3.39. The third-order valence-electron chi connectivity index (χ3n) is 4.77. The van der Waals surface area contributed by atoms with Crippen LogP contribution in [0.25, 0.3) is 34.0 Å². The summed E-state index contributed by atoms with van der Waals surface area (Å²) in [6.45, 7) is 0. The number of ether oxygens (including phenoxy) is 1. The van der Waals surface area contributed by atoms with Crippen molar-refractivity contribution < 1.29 is 13.5 Å². The number of para-hydroxylation sites is 1. The lowest BCUT2D eigenvalue weighted by atomic mass is 10.1. The topological polar surface area (TPSA) is 48.2 Å². The number of halogens is 1. The van der Waals surface area contributed by atoms with Crippen molar-refractivity contribution in [3.63, 3.8) is 0 Å². The van der Waals surface area contributed by atoms with Crippen LogP contribution in [0.4, 0.5) is 4.39 Å². The van der Waals surface area contributed by atoms with E-state index in [1.54, 1.807) is 24.5 Å². The average Bonchev–Trinajstić information content (AvgIpc) is 3.27. The minimum Gasteiger partial charge on any atom is -0.457 e. The van der Waals surface area contributed by atoms with Crippen molar-refractivity contribution >= 4 is 0 Å². The van der Waals surface area contributed by atoms with E-state index in [-0.39, 0.29) is 5.82 Å². The molecule has 2 heterocycles. The zero-order chi connectivity index (χ0) is 21.0. The molecule has 5 aromatic rings. The number of aromatic nitrogens is 2.